The zero-order valence-electron chi connectivity index (χ0n) is 11.2. The lowest BCUT2D eigenvalue weighted by atomic mass is 9.91. The Morgan fingerprint density at radius 3 is 2.94 bits per heavy atom. The van der Waals surface area contributed by atoms with E-state index in [2.05, 4.69) is 24.1 Å². The van der Waals surface area contributed by atoms with E-state index >= 15 is 0 Å². The molecular formula is C14H26N2O. The maximum atomic E-state index is 6.00. The van der Waals surface area contributed by atoms with Crippen molar-refractivity contribution in [2.45, 2.75) is 63.8 Å². The fourth-order valence-corrected chi connectivity index (χ4v) is 3.76. The van der Waals surface area contributed by atoms with Gasteiger partial charge in [-0.3, -0.25) is 4.90 Å². The summed E-state index contributed by atoms with van der Waals surface area (Å²) in [5, 5.41) is 3.68. The molecule has 3 saturated heterocycles. The van der Waals surface area contributed by atoms with Crippen LogP contribution in [0.15, 0.2) is 0 Å². The second kappa shape index (κ2) is 4.87. The van der Waals surface area contributed by atoms with Gasteiger partial charge in [-0.05, 0) is 25.2 Å². The van der Waals surface area contributed by atoms with Crippen LogP contribution >= 0.6 is 0 Å². The highest BCUT2D eigenvalue weighted by Gasteiger charge is 2.44. The van der Waals surface area contributed by atoms with Gasteiger partial charge in [0.05, 0.1) is 12.2 Å². The van der Waals surface area contributed by atoms with Crippen LogP contribution in [0.25, 0.3) is 0 Å². The number of ether oxygens (including phenoxy) is 1. The Bertz CT molecular complexity index is 271. The molecule has 0 saturated carbocycles. The minimum absolute atomic E-state index is 0.552. The summed E-state index contributed by atoms with van der Waals surface area (Å²) in [5.41, 5.74) is 0. The molecule has 2 bridgehead atoms. The number of piperazine rings is 1. The first-order chi connectivity index (χ1) is 8.28. The third-order valence-electron chi connectivity index (χ3n) is 5.11. The SMILES string of the molecule is CCC(C)C1CN(C2CC3CCC2O3)CCN1. The van der Waals surface area contributed by atoms with Gasteiger partial charge in [0.2, 0.25) is 0 Å². The maximum absolute atomic E-state index is 6.00. The number of hydrogen-bond donors (Lipinski definition) is 1. The minimum atomic E-state index is 0.552. The molecular weight excluding hydrogens is 212 g/mol. The topological polar surface area (TPSA) is 24.5 Å². The summed E-state index contributed by atoms with van der Waals surface area (Å²) in [7, 11) is 0. The van der Waals surface area contributed by atoms with Crippen molar-refractivity contribution in [3.05, 3.63) is 0 Å². The Morgan fingerprint density at radius 2 is 2.29 bits per heavy atom. The van der Waals surface area contributed by atoms with Gasteiger partial charge in [0.25, 0.3) is 0 Å². The molecule has 0 amide bonds. The van der Waals surface area contributed by atoms with E-state index < -0.39 is 0 Å². The summed E-state index contributed by atoms with van der Waals surface area (Å²) >= 11 is 0. The summed E-state index contributed by atoms with van der Waals surface area (Å²) in [6.45, 7) is 8.27. The summed E-state index contributed by atoms with van der Waals surface area (Å²) < 4.78 is 6.00. The zero-order valence-corrected chi connectivity index (χ0v) is 11.2. The molecule has 5 atom stereocenters. The molecule has 3 fully saturated rings. The monoisotopic (exact) mass is 238 g/mol. The van der Waals surface area contributed by atoms with Crippen molar-refractivity contribution in [2.75, 3.05) is 19.6 Å². The van der Waals surface area contributed by atoms with Crippen molar-refractivity contribution in [1.82, 2.24) is 10.2 Å². The molecule has 3 heteroatoms. The summed E-state index contributed by atoms with van der Waals surface area (Å²) in [6.07, 6.45) is 6.31. The third kappa shape index (κ3) is 2.25. The normalized spacial score (nSPS) is 44.1. The zero-order chi connectivity index (χ0) is 11.8. The summed E-state index contributed by atoms with van der Waals surface area (Å²) in [4.78, 5) is 2.71. The standard InChI is InChI=1S/C14H26N2O/c1-3-10(2)12-9-16(7-6-15-12)13-8-11-4-5-14(13)17-11/h10-15H,3-9H2,1-2H3. The van der Waals surface area contributed by atoms with Gasteiger partial charge in [-0.1, -0.05) is 20.3 Å². The van der Waals surface area contributed by atoms with E-state index in [0.717, 1.165) is 18.5 Å². The third-order valence-corrected chi connectivity index (χ3v) is 5.11. The molecule has 5 unspecified atom stereocenters. The van der Waals surface area contributed by atoms with Crippen LogP contribution in [0.3, 0.4) is 0 Å². The molecule has 17 heavy (non-hydrogen) atoms. The van der Waals surface area contributed by atoms with Gasteiger partial charge in [0.15, 0.2) is 0 Å². The number of nitrogens with one attached hydrogen (secondary N) is 1. The van der Waals surface area contributed by atoms with Crippen molar-refractivity contribution in [1.29, 1.82) is 0 Å². The summed E-state index contributed by atoms with van der Waals surface area (Å²) in [5.74, 6) is 0.789. The average Bonchev–Trinajstić information content (AvgIpc) is 3.00. The Hall–Kier alpha value is -0.120. The Balaban J connectivity index is 1.60. The number of nitrogens with zero attached hydrogens (tertiary/aromatic N) is 1. The molecule has 3 aliphatic heterocycles. The number of rotatable bonds is 3. The molecule has 0 aromatic carbocycles. The van der Waals surface area contributed by atoms with E-state index in [4.69, 9.17) is 4.74 Å². The fourth-order valence-electron chi connectivity index (χ4n) is 3.76. The fraction of sp³-hybridized carbons (Fsp3) is 1.00. The predicted octanol–water partition coefficient (Wildman–Crippen LogP) is 1.63. The lowest BCUT2D eigenvalue weighted by Crippen LogP contribution is -2.57. The molecule has 1 N–H and O–H groups in total. The van der Waals surface area contributed by atoms with E-state index in [-0.39, 0.29) is 0 Å². The van der Waals surface area contributed by atoms with Crippen LogP contribution in [0.5, 0.6) is 0 Å². The second-order valence-electron chi connectivity index (χ2n) is 6.12. The van der Waals surface area contributed by atoms with Gasteiger partial charge in [-0.15, -0.1) is 0 Å². The Morgan fingerprint density at radius 1 is 1.41 bits per heavy atom. The molecule has 3 nitrogen and oxygen atoms in total. The van der Waals surface area contributed by atoms with Crippen molar-refractivity contribution in [2.24, 2.45) is 5.92 Å². The first-order valence-electron chi connectivity index (χ1n) is 7.40. The van der Waals surface area contributed by atoms with E-state index in [0.29, 0.717) is 18.2 Å². The van der Waals surface area contributed by atoms with Gasteiger partial charge >= 0.3 is 0 Å². The smallest absolute Gasteiger partial charge is 0.0735 e. The van der Waals surface area contributed by atoms with E-state index in [1.165, 1.54) is 38.8 Å². The molecule has 0 aromatic heterocycles. The van der Waals surface area contributed by atoms with Gasteiger partial charge < -0.3 is 10.1 Å². The van der Waals surface area contributed by atoms with Crippen LogP contribution in [0, 0.1) is 5.92 Å². The molecule has 3 aliphatic rings. The highest BCUT2D eigenvalue weighted by molar-refractivity contribution is 4.97. The van der Waals surface area contributed by atoms with Crippen LogP contribution in [-0.4, -0.2) is 48.8 Å². The Kier molecular flexibility index (Phi) is 3.42. The molecule has 0 aliphatic carbocycles. The average molecular weight is 238 g/mol. The first-order valence-corrected chi connectivity index (χ1v) is 7.40. The molecule has 0 aromatic rings. The lowest BCUT2D eigenvalue weighted by molar-refractivity contribution is 0.0530. The van der Waals surface area contributed by atoms with Gasteiger partial charge in [0, 0.05) is 31.7 Å². The Labute approximate surface area is 105 Å². The highest BCUT2D eigenvalue weighted by atomic mass is 16.5. The highest BCUT2D eigenvalue weighted by Crippen LogP contribution is 2.37. The molecule has 0 radical (unpaired) electrons. The van der Waals surface area contributed by atoms with Gasteiger partial charge in [-0.25, -0.2) is 0 Å². The molecule has 3 rings (SSSR count). The second-order valence-corrected chi connectivity index (χ2v) is 6.12. The van der Waals surface area contributed by atoms with Crippen LogP contribution in [0.4, 0.5) is 0 Å². The van der Waals surface area contributed by atoms with E-state index in [1.54, 1.807) is 0 Å². The largest absolute Gasteiger partial charge is 0.373 e. The predicted molar refractivity (Wildman–Crippen MR) is 69.1 cm³/mol. The lowest BCUT2D eigenvalue weighted by Gasteiger charge is -2.41. The van der Waals surface area contributed by atoms with Crippen molar-refractivity contribution in [3.8, 4) is 0 Å². The van der Waals surface area contributed by atoms with Crippen LogP contribution in [0.2, 0.25) is 0 Å². The maximum Gasteiger partial charge on any atom is 0.0735 e. The van der Waals surface area contributed by atoms with Crippen LogP contribution in [-0.2, 0) is 4.74 Å². The molecule has 0 spiro atoms. The van der Waals surface area contributed by atoms with Crippen molar-refractivity contribution >= 4 is 0 Å². The quantitative estimate of drug-likeness (QED) is 0.809. The minimum Gasteiger partial charge on any atom is -0.373 e. The molecule has 3 heterocycles. The first kappa shape index (κ1) is 11.9. The van der Waals surface area contributed by atoms with Crippen molar-refractivity contribution in [3.63, 3.8) is 0 Å². The van der Waals surface area contributed by atoms with Crippen LogP contribution in [0.1, 0.15) is 39.5 Å². The molecule has 98 valence electrons. The van der Waals surface area contributed by atoms with E-state index in [1.807, 2.05) is 0 Å². The van der Waals surface area contributed by atoms with Gasteiger partial charge in [0.1, 0.15) is 0 Å². The summed E-state index contributed by atoms with van der Waals surface area (Å²) in [6, 6.07) is 1.41. The number of hydrogen-bond acceptors (Lipinski definition) is 3. The van der Waals surface area contributed by atoms with E-state index in [9.17, 15) is 0 Å². The number of fused-ring (bicyclic) bond motifs is 2. The van der Waals surface area contributed by atoms with Crippen molar-refractivity contribution < 1.29 is 4.74 Å². The van der Waals surface area contributed by atoms with Crippen LogP contribution < -0.4 is 5.32 Å². The van der Waals surface area contributed by atoms with Gasteiger partial charge in [-0.2, -0.15) is 0 Å².